The Labute approximate surface area is 437 Å². The summed E-state index contributed by atoms with van der Waals surface area (Å²) in [6.07, 6.45) is 16.7. The minimum atomic E-state index is -0.394. The Morgan fingerprint density at radius 2 is 1.10 bits per heavy atom. The number of anilines is 1. The molecular weight excluding hydrogens is 905 g/mol. The van der Waals surface area contributed by atoms with Gasteiger partial charge in [0.15, 0.2) is 0 Å². The number of esters is 2. The molecule has 0 radical (unpaired) electrons. The summed E-state index contributed by atoms with van der Waals surface area (Å²) in [6, 6.07) is 52.7. The van der Waals surface area contributed by atoms with Gasteiger partial charge in [-0.25, -0.2) is 4.79 Å². The highest BCUT2D eigenvalue weighted by Gasteiger charge is 2.35. The fourth-order valence-electron chi connectivity index (χ4n) is 9.33. The molecule has 6 aromatic rings. The number of methoxy groups -OCH3 is 2. The van der Waals surface area contributed by atoms with Gasteiger partial charge >= 0.3 is 11.9 Å². The van der Waals surface area contributed by atoms with E-state index >= 15 is 0 Å². The summed E-state index contributed by atoms with van der Waals surface area (Å²) in [6.45, 7) is 10.4. The molecule has 0 aromatic heterocycles. The second kappa shape index (κ2) is 33.1. The zero-order chi connectivity index (χ0) is 51.3. The van der Waals surface area contributed by atoms with Crippen LogP contribution in [-0.4, -0.2) is 80.0 Å². The molecule has 388 valence electrons. The van der Waals surface area contributed by atoms with Crippen molar-refractivity contribution < 1.29 is 24.2 Å². The van der Waals surface area contributed by atoms with Crippen LogP contribution in [0.1, 0.15) is 132 Å². The predicted octanol–water partition coefficient (Wildman–Crippen LogP) is 13.2. The lowest BCUT2D eigenvalue weighted by Gasteiger charge is -2.41. The lowest BCUT2D eigenvalue weighted by molar-refractivity contribution is -0.140. The second-order valence-electron chi connectivity index (χ2n) is 18.4. The van der Waals surface area contributed by atoms with Crippen molar-refractivity contribution in [2.24, 2.45) is 15.0 Å². The van der Waals surface area contributed by atoms with E-state index in [9.17, 15) is 14.7 Å². The third-order valence-electron chi connectivity index (χ3n) is 13.1. The summed E-state index contributed by atoms with van der Waals surface area (Å²) >= 11 is 0. The Bertz CT molecular complexity index is 2440. The van der Waals surface area contributed by atoms with Gasteiger partial charge in [-0.3, -0.25) is 19.8 Å². The van der Waals surface area contributed by atoms with Crippen molar-refractivity contribution in [3.8, 4) is 0 Å². The molecule has 0 heterocycles. The molecule has 9 heteroatoms. The van der Waals surface area contributed by atoms with Crippen LogP contribution >= 0.6 is 0 Å². The highest BCUT2D eigenvalue weighted by Crippen LogP contribution is 2.37. The number of hydrogen-bond donors (Lipinski definition) is 1. The Morgan fingerprint density at radius 3 is 1.47 bits per heavy atom. The van der Waals surface area contributed by atoms with Crippen molar-refractivity contribution in [1.29, 1.82) is 0 Å². The first-order chi connectivity index (χ1) is 35.2. The van der Waals surface area contributed by atoms with E-state index in [-0.39, 0.29) is 32.1 Å². The molecule has 2 aliphatic rings. The average molecular weight is 987 g/mol. The average Bonchev–Trinajstić information content (AvgIpc) is 4.08. The zero-order valence-electron chi connectivity index (χ0n) is 43.5. The van der Waals surface area contributed by atoms with Crippen LogP contribution in [0.2, 0.25) is 0 Å². The van der Waals surface area contributed by atoms with Crippen molar-refractivity contribution in [2.75, 3.05) is 32.3 Å². The van der Waals surface area contributed by atoms with E-state index in [1.165, 1.54) is 112 Å². The van der Waals surface area contributed by atoms with Gasteiger partial charge in [-0.2, -0.15) is 0 Å². The Balaban J connectivity index is 0.000000230. The molecule has 0 aliphatic heterocycles. The van der Waals surface area contributed by atoms with E-state index < -0.39 is 5.97 Å². The van der Waals surface area contributed by atoms with E-state index in [0.717, 1.165) is 41.6 Å². The minimum Gasteiger partial charge on any atom is -0.469 e. The molecule has 0 unspecified atom stereocenters. The Morgan fingerprint density at radius 1 is 0.671 bits per heavy atom. The summed E-state index contributed by atoms with van der Waals surface area (Å²) in [5.41, 5.74) is 10.6. The monoisotopic (exact) mass is 987 g/mol. The number of aliphatic hydroxyl groups excluding tert-OH is 1. The first-order valence-corrected chi connectivity index (χ1v) is 26.0. The van der Waals surface area contributed by atoms with Crippen LogP contribution in [0.25, 0.3) is 0 Å². The van der Waals surface area contributed by atoms with Crippen molar-refractivity contribution >= 4 is 29.0 Å². The standard InChI is InChI=1S/C25H36N2O.C19H21NO2.C15H15N.C4H6O2.CH4/c1-19-24(26-21(18-28)17-20-11-5-2-6-12-20)25(19)27(22-13-7-3-8-14-22)23-15-9-4-10-16-23;1-15(13-14-18(21)22-2)20-19(16-9-5-3-6-10-16)17-11-7-4-8-12-17;1-2-16-15(13-9-5-3-6-10-13)14-11-7-4-8-12-14;1-3-4(5)6-2;/h2,5-6,11-12,21-23,28H,3-4,7-10,13-18H2,1H3;3-12,15H,13-14H2,1-2H3;3-12H,2H2,1H3;3H,1H2,2H3;1H4/t21-;15-;;;/m01.../s1. The van der Waals surface area contributed by atoms with E-state index in [1.54, 1.807) is 0 Å². The van der Waals surface area contributed by atoms with Gasteiger partial charge in [-0.05, 0) is 64.9 Å². The van der Waals surface area contributed by atoms with Crippen molar-refractivity contribution in [3.05, 3.63) is 203 Å². The Kier molecular flexibility index (Phi) is 26.7. The quantitative estimate of drug-likeness (QED) is 0.0553. The molecule has 0 saturated heterocycles. The highest BCUT2D eigenvalue weighted by atomic mass is 16.5. The maximum atomic E-state index is 11.3. The Hall–Kier alpha value is -6.71. The smallest absolute Gasteiger partial charge is 0.329 e. The van der Waals surface area contributed by atoms with E-state index in [4.69, 9.17) is 9.98 Å². The summed E-state index contributed by atoms with van der Waals surface area (Å²) in [5, 5.41) is 11.1. The third kappa shape index (κ3) is 19.7. The van der Waals surface area contributed by atoms with Crippen molar-refractivity contribution in [3.63, 3.8) is 0 Å². The summed E-state index contributed by atoms with van der Waals surface area (Å²) < 4.78 is 8.83. The molecule has 1 N–H and O–H groups in total. The molecular formula is C64H82N4O5. The fourth-order valence-corrected chi connectivity index (χ4v) is 9.33. The zero-order valence-corrected chi connectivity index (χ0v) is 43.5. The van der Waals surface area contributed by atoms with E-state index in [1.807, 2.05) is 85.8 Å². The maximum absolute atomic E-state index is 11.3. The minimum absolute atomic E-state index is 0. The molecule has 2 fully saturated rings. The number of aliphatic hydroxyl groups is 1. The first kappa shape index (κ1) is 58.9. The van der Waals surface area contributed by atoms with Crippen LogP contribution in [0.4, 0.5) is 5.69 Å². The van der Waals surface area contributed by atoms with Crippen LogP contribution in [0.3, 0.4) is 0 Å². The van der Waals surface area contributed by atoms with Gasteiger partial charge in [-0.1, -0.05) is 204 Å². The van der Waals surface area contributed by atoms with Crippen LogP contribution in [0.5, 0.6) is 0 Å². The molecule has 8 rings (SSSR count). The van der Waals surface area contributed by atoms with Gasteiger partial charge in [0.25, 0.3) is 0 Å². The molecule has 2 saturated carbocycles. The number of rotatable bonds is 17. The number of ether oxygens (including phenoxy) is 2. The van der Waals surface area contributed by atoms with Crippen LogP contribution in [-0.2, 0) is 25.5 Å². The van der Waals surface area contributed by atoms with Gasteiger partial charge in [-0.15, -0.1) is 0 Å². The third-order valence-corrected chi connectivity index (χ3v) is 13.1. The predicted molar refractivity (Wildman–Crippen MR) is 304 cm³/mol. The van der Waals surface area contributed by atoms with Gasteiger partial charge in [0, 0.05) is 65.0 Å². The van der Waals surface area contributed by atoms with Gasteiger partial charge in [0.05, 0.1) is 49.3 Å². The number of hydrogen-bond acceptors (Lipinski definition) is 9. The number of carbonyl (C=O) groups is 2. The SMILES string of the molecule is C.C=CC(=O)OC.CCN=C(c1ccccc1)c1ccccc1.COC(=O)CC[C@@H](C)N=C(c1ccccc1)c1ccccc1.Cc1c(N(C2CCCCC2)C2CCCCC2)c1=N[C@H](CO)Cc1ccccc1. The van der Waals surface area contributed by atoms with Gasteiger partial charge in [0.1, 0.15) is 0 Å². The van der Waals surface area contributed by atoms with Crippen LogP contribution in [0, 0.1) is 6.92 Å². The topological polar surface area (TPSA) is 113 Å². The summed E-state index contributed by atoms with van der Waals surface area (Å²) in [5.74, 6) is -0.585. The number of benzene rings is 5. The molecule has 0 bridgehead atoms. The molecule has 6 aromatic carbocycles. The van der Waals surface area contributed by atoms with E-state index in [2.05, 4.69) is 113 Å². The number of nitrogens with zero attached hydrogens (tertiary/aromatic N) is 4. The molecule has 0 spiro atoms. The molecule has 73 heavy (non-hydrogen) atoms. The normalized spacial score (nSPS) is 14.4. The van der Waals surface area contributed by atoms with Crippen molar-refractivity contribution in [1.82, 2.24) is 0 Å². The molecule has 2 atom stereocenters. The summed E-state index contributed by atoms with van der Waals surface area (Å²) in [4.78, 5) is 38.3. The molecule has 2 aliphatic carbocycles. The fraction of sp³-hybridized carbons (Fsp3) is 0.391. The summed E-state index contributed by atoms with van der Waals surface area (Å²) in [7, 11) is 2.72. The lowest BCUT2D eigenvalue weighted by Crippen LogP contribution is -2.45. The van der Waals surface area contributed by atoms with Gasteiger partial charge in [0.2, 0.25) is 0 Å². The van der Waals surface area contributed by atoms with Crippen LogP contribution < -0.4 is 10.3 Å². The second-order valence-corrected chi connectivity index (χ2v) is 18.4. The first-order valence-electron chi connectivity index (χ1n) is 26.0. The molecule has 9 nitrogen and oxygen atoms in total. The van der Waals surface area contributed by atoms with E-state index in [0.29, 0.717) is 24.9 Å². The number of aliphatic imine (C=N–C) groups is 2. The lowest BCUT2D eigenvalue weighted by atomic mass is 9.88. The largest absolute Gasteiger partial charge is 0.469 e. The maximum Gasteiger partial charge on any atom is 0.329 e. The van der Waals surface area contributed by atoms with Crippen molar-refractivity contribution in [2.45, 2.75) is 136 Å². The number of carbonyl (C=O) groups excluding carboxylic acids is 2. The van der Waals surface area contributed by atoms with Crippen LogP contribution in [0.15, 0.2) is 179 Å². The van der Waals surface area contributed by atoms with Gasteiger partial charge < -0.3 is 19.5 Å². The highest BCUT2D eigenvalue weighted by molar-refractivity contribution is 6.13. The molecule has 0 amide bonds.